The van der Waals surface area contributed by atoms with Crippen LogP contribution in [0.5, 0.6) is 0 Å². The lowest BCUT2D eigenvalue weighted by Crippen LogP contribution is -2.28. The average molecular weight is 906 g/mol. The van der Waals surface area contributed by atoms with Crippen molar-refractivity contribution >= 4 is 11.9 Å². The highest BCUT2D eigenvalue weighted by Gasteiger charge is 2.25. The van der Waals surface area contributed by atoms with Crippen LogP contribution in [0.4, 0.5) is 0 Å². The van der Waals surface area contributed by atoms with E-state index in [2.05, 4.69) is 6.92 Å². The van der Waals surface area contributed by atoms with E-state index in [1.165, 1.54) is 289 Å². The fourth-order valence-corrected chi connectivity index (χ4v) is 10.1. The second-order valence-electron chi connectivity index (χ2n) is 20.9. The van der Waals surface area contributed by atoms with Crippen LogP contribution in [0.1, 0.15) is 354 Å². The van der Waals surface area contributed by atoms with Crippen molar-refractivity contribution in [1.82, 2.24) is 0 Å². The van der Waals surface area contributed by atoms with Gasteiger partial charge in [0.15, 0.2) is 0 Å². The van der Waals surface area contributed by atoms with Crippen molar-refractivity contribution in [2.75, 3.05) is 0 Å². The van der Waals surface area contributed by atoms with Gasteiger partial charge in [-0.05, 0) is 19.3 Å². The predicted octanol–water partition coefficient (Wildman–Crippen LogP) is 20.2. The summed E-state index contributed by atoms with van der Waals surface area (Å²) in [7, 11) is 0. The molecule has 0 aliphatic rings. The number of hydrogen-bond acceptors (Lipinski definition) is 3. The minimum atomic E-state index is -0.806. The van der Waals surface area contributed by atoms with E-state index >= 15 is 0 Å². The lowest BCUT2D eigenvalue weighted by molar-refractivity contribution is -0.146. The maximum absolute atomic E-state index is 11.9. The molecule has 0 saturated heterocycles. The minimum absolute atomic E-state index is 0.337. The fraction of sp³-hybridized carbons (Fsp3) is 0.966. The number of aliphatic carboxylic acids is 2. The Labute approximate surface area is 401 Å². The van der Waals surface area contributed by atoms with E-state index in [9.17, 15) is 19.8 Å². The van der Waals surface area contributed by atoms with E-state index in [-0.39, 0.29) is 0 Å². The normalized spacial score (nSPS) is 12.6. The van der Waals surface area contributed by atoms with Gasteiger partial charge in [0.05, 0.1) is 12.0 Å². The SMILES string of the molecule is CCCCCCCCCCCCCCCCCCCCC(C(=O)O)C(O)CCCCCCCCCCCCCCCCCCCCCCCCCCCCCCCCCCCC(=O)O. The van der Waals surface area contributed by atoms with Crippen LogP contribution >= 0.6 is 0 Å². The molecular formula is C59H116O5. The number of aliphatic hydroxyl groups is 1. The van der Waals surface area contributed by atoms with Gasteiger partial charge in [-0.2, -0.15) is 0 Å². The first-order valence-electron chi connectivity index (χ1n) is 29.6. The molecule has 0 saturated carbocycles. The minimum Gasteiger partial charge on any atom is -0.481 e. The number of hydrogen-bond donors (Lipinski definition) is 3. The van der Waals surface area contributed by atoms with Gasteiger partial charge >= 0.3 is 11.9 Å². The van der Waals surface area contributed by atoms with Crippen molar-refractivity contribution in [3.8, 4) is 0 Å². The van der Waals surface area contributed by atoms with Gasteiger partial charge in [-0.1, -0.05) is 328 Å². The molecule has 0 spiro atoms. The summed E-state index contributed by atoms with van der Waals surface area (Å²) < 4.78 is 0. The first-order valence-corrected chi connectivity index (χ1v) is 29.6. The monoisotopic (exact) mass is 905 g/mol. The zero-order valence-corrected chi connectivity index (χ0v) is 43.5. The molecule has 0 rings (SSSR count). The first-order chi connectivity index (χ1) is 31.5. The zero-order chi connectivity index (χ0) is 46.5. The number of carbonyl (C=O) groups is 2. The Kier molecular flexibility index (Phi) is 53.6. The van der Waals surface area contributed by atoms with Crippen LogP contribution in [-0.4, -0.2) is 33.4 Å². The summed E-state index contributed by atoms with van der Waals surface area (Å²) in [4.78, 5) is 22.4. The van der Waals surface area contributed by atoms with E-state index < -0.39 is 24.0 Å². The van der Waals surface area contributed by atoms with Crippen molar-refractivity contribution in [2.24, 2.45) is 5.92 Å². The first kappa shape index (κ1) is 62.9. The summed E-state index contributed by atoms with van der Waals surface area (Å²) in [5.74, 6) is -2.05. The van der Waals surface area contributed by atoms with E-state index in [4.69, 9.17) is 5.11 Å². The van der Waals surface area contributed by atoms with Gasteiger partial charge in [-0.25, -0.2) is 0 Å². The standard InChI is InChI=1S/C59H116O5/c1-2-3-4-5-6-7-8-9-10-11-29-32-35-38-41-44-47-50-53-56(59(63)64)57(60)54-51-48-45-42-39-36-33-30-27-25-23-21-19-17-15-13-12-14-16-18-20-22-24-26-28-31-34-37-40-43-46-49-52-55-58(61)62/h56-57,60H,2-55H2,1H3,(H,61,62)(H,63,64). The number of rotatable bonds is 57. The summed E-state index contributed by atoms with van der Waals surface area (Å²) in [5.41, 5.74) is 0. The van der Waals surface area contributed by atoms with Gasteiger partial charge in [0.25, 0.3) is 0 Å². The highest BCUT2D eigenvalue weighted by Crippen LogP contribution is 2.22. The molecule has 2 unspecified atom stereocenters. The Balaban J connectivity index is 3.34. The van der Waals surface area contributed by atoms with Crippen molar-refractivity contribution < 1.29 is 24.9 Å². The number of carboxylic acids is 2. The van der Waals surface area contributed by atoms with Crippen LogP contribution in [0.25, 0.3) is 0 Å². The van der Waals surface area contributed by atoms with Crippen LogP contribution in [0.3, 0.4) is 0 Å². The van der Waals surface area contributed by atoms with Gasteiger partial charge in [0.1, 0.15) is 0 Å². The third-order valence-corrected chi connectivity index (χ3v) is 14.5. The molecule has 382 valence electrons. The summed E-state index contributed by atoms with van der Waals surface area (Å²) in [6, 6.07) is 0. The molecule has 3 N–H and O–H groups in total. The van der Waals surface area contributed by atoms with Crippen LogP contribution in [-0.2, 0) is 9.59 Å². The molecule has 5 nitrogen and oxygen atoms in total. The Hall–Kier alpha value is -1.10. The molecule has 0 amide bonds. The summed E-state index contributed by atoms with van der Waals surface area (Å²) in [5, 5.41) is 29.1. The largest absolute Gasteiger partial charge is 0.481 e. The Morgan fingerprint density at radius 2 is 0.469 bits per heavy atom. The average Bonchev–Trinajstić information content (AvgIpc) is 3.28. The third kappa shape index (κ3) is 51.9. The molecule has 0 fully saturated rings. The molecule has 0 aromatic heterocycles. The molecule has 0 radical (unpaired) electrons. The molecule has 0 aliphatic carbocycles. The molecule has 2 atom stereocenters. The topological polar surface area (TPSA) is 94.8 Å². The van der Waals surface area contributed by atoms with E-state index in [0.717, 1.165) is 38.5 Å². The molecule has 0 aromatic rings. The highest BCUT2D eigenvalue weighted by molar-refractivity contribution is 5.70. The molecule has 0 bridgehead atoms. The van der Waals surface area contributed by atoms with Crippen LogP contribution in [0.2, 0.25) is 0 Å². The number of unbranched alkanes of at least 4 members (excludes halogenated alkanes) is 49. The predicted molar refractivity (Wildman–Crippen MR) is 280 cm³/mol. The summed E-state index contributed by atoms with van der Waals surface area (Å²) in [6.45, 7) is 2.29. The molecule has 64 heavy (non-hydrogen) atoms. The van der Waals surface area contributed by atoms with E-state index in [1.807, 2.05) is 0 Å². The van der Waals surface area contributed by atoms with Gasteiger partial charge < -0.3 is 15.3 Å². The Morgan fingerprint density at radius 3 is 0.672 bits per heavy atom. The fourth-order valence-electron chi connectivity index (χ4n) is 10.1. The smallest absolute Gasteiger partial charge is 0.309 e. The Bertz CT molecular complexity index is 906. The van der Waals surface area contributed by atoms with Crippen LogP contribution < -0.4 is 0 Å². The summed E-state index contributed by atoms with van der Waals surface area (Å²) in [6.07, 6.45) is 69.3. The van der Waals surface area contributed by atoms with Crippen molar-refractivity contribution in [3.05, 3.63) is 0 Å². The Morgan fingerprint density at radius 1 is 0.281 bits per heavy atom. The lowest BCUT2D eigenvalue weighted by atomic mass is 9.91. The highest BCUT2D eigenvalue weighted by atomic mass is 16.4. The maximum atomic E-state index is 11.9. The number of carboxylic acid groups (broad SMARTS) is 2. The molecule has 0 aliphatic heterocycles. The van der Waals surface area contributed by atoms with Gasteiger partial charge in [0.2, 0.25) is 0 Å². The lowest BCUT2D eigenvalue weighted by Gasteiger charge is -2.19. The third-order valence-electron chi connectivity index (χ3n) is 14.5. The quantitative estimate of drug-likeness (QED) is 0.0529. The second kappa shape index (κ2) is 54.5. The van der Waals surface area contributed by atoms with E-state index in [1.54, 1.807) is 0 Å². The maximum Gasteiger partial charge on any atom is 0.309 e. The number of aliphatic hydroxyl groups excluding tert-OH is 1. The summed E-state index contributed by atoms with van der Waals surface area (Å²) >= 11 is 0. The molecule has 0 heterocycles. The van der Waals surface area contributed by atoms with Crippen LogP contribution in [0, 0.1) is 5.92 Å². The van der Waals surface area contributed by atoms with Gasteiger partial charge in [-0.3, -0.25) is 9.59 Å². The van der Waals surface area contributed by atoms with Crippen molar-refractivity contribution in [2.45, 2.75) is 360 Å². The van der Waals surface area contributed by atoms with Gasteiger partial charge in [-0.15, -0.1) is 0 Å². The van der Waals surface area contributed by atoms with E-state index in [0.29, 0.717) is 19.3 Å². The molecule has 0 aromatic carbocycles. The van der Waals surface area contributed by atoms with Gasteiger partial charge in [0, 0.05) is 6.42 Å². The zero-order valence-electron chi connectivity index (χ0n) is 43.5. The van der Waals surface area contributed by atoms with Crippen LogP contribution in [0.15, 0.2) is 0 Å². The van der Waals surface area contributed by atoms with Crippen molar-refractivity contribution in [1.29, 1.82) is 0 Å². The second-order valence-corrected chi connectivity index (χ2v) is 20.9. The molecular weight excluding hydrogens is 789 g/mol. The van der Waals surface area contributed by atoms with Crippen molar-refractivity contribution in [3.63, 3.8) is 0 Å². The molecule has 5 heteroatoms.